The third kappa shape index (κ3) is 6.69. The maximum atomic E-state index is 11.1. The standard InChI is InChI=1S/C14H18O5/c1-10-2-4-11(5-3-10)8-19-9-13(16)6-12(15)7-14(17)18/h2-5,13,16H,6-9H2,1H3,(H,17,18)/t13-/m0/s1. The lowest BCUT2D eigenvalue weighted by molar-refractivity contribution is -0.140. The molecule has 1 aromatic rings. The van der Waals surface area contributed by atoms with Gasteiger partial charge < -0.3 is 14.9 Å². The Morgan fingerprint density at radius 2 is 1.89 bits per heavy atom. The quantitative estimate of drug-likeness (QED) is 0.693. The van der Waals surface area contributed by atoms with Gasteiger partial charge in [-0.15, -0.1) is 0 Å². The van der Waals surface area contributed by atoms with E-state index in [0.717, 1.165) is 11.1 Å². The minimum absolute atomic E-state index is 0.0131. The zero-order chi connectivity index (χ0) is 14.3. The number of aliphatic hydroxyl groups is 1. The van der Waals surface area contributed by atoms with Crippen molar-refractivity contribution in [1.82, 2.24) is 0 Å². The number of hydrogen-bond donors (Lipinski definition) is 2. The molecule has 0 heterocycles. The van der Waals surface area contributed by atoms with Crippen molar-refractivity contribution >= 4 is 11.8 Å². The number of carbonyl (C=O) groups excluding carboxylic acids is 1. The van der Waals surface area contributed by atoms with E-state index in [-0.39, 0.29) is 13.0 Å². The molecule has 1 aromatic carbocycles. The summed E-state index contributed by atoms with van der Waals surface area (Å²) < 4.78 is 5.28. The molecule has 1 atom stereocenters. The molecule has 5 heteroatoms. The average Bonchev–Trinajstić information content (AvgIpc) is 2.30. The number of aryl methyl sites for hydroxylation is 1. The summed E-state index contributed by atoms with van der Waals surface area (Å²) in [6.45, 7) is 2.35. The molecule has 0 fully saturated rings. The number of ketones is 1. The molecule has 0 bridgehead atoms. The maximum Gasteiger partial charge on any atom is 0.310 e. The van der Waals surface area contributed by atoms with E-state index in [1.54, 1.807) is 0 Å². The molecule has 2 N–H and O–H groups in total. The molecule has 0 amide bonds. The van der Waals surface area contributed by atoms with Gasteiger partial charge in [-0.2, -0.15) is 0 Å². The van der Waals surface area contributed by atoms with Crippen LogP contribution in [0.5, 0.6) is 0 Å². The van der Waals surface area contributed by atoms with E-state index in [1.165, 1.54) is 0 Å². The largest absolute Gasteiger partial charge is 0.481 e. The summed E-state index contributed by atoms with van der Waals surface area (Å²) >= 11 is 0. The Hall–Kier alpha value is -1.72. The molecule has 0 saturated heterocycles. The lowest BCUT2D eigenvalue weighted by Crippen LogP contribution is -2.21. The van der Waals surface area contributed by atoms with Gasteiger partial charge in [0.15, 0.2) is 0 Å². The van der Waals surface area contributed by atoms with E-state index in [1.807, 2.05) is 31.2 Å². The third-order valence-electron chi connectivity index (χ3n) is 2.51. The Morgan fingerprint density at radius 1 is 1.26 bits per heavy atom. The van der Waals surface area contributed by atoms with Gasteiger partial charge in [0.1, 0.15) is 12.2 Å². The molecule has 0 aliphatic rings. The van der Waals surface area contributed by atoms with E-state index in [0.29, 0.717) is 6.61 Å². The molecule has 19 heavy (non-hydrogen) atoms. The van der Waals surface area contributed by atoms with E-state index in [4.69, 9.17) is 9.84 Å². The van der Waals surface area contributed by atoms with Crippen LogP contribution in [0.4, 0.5) is 0 Å². The number of aliphatic hydroxyl groups excluding tert-OH is 1. The van der Waals surface area contributed by atoms with Gasteiger partial charge in [0.05, 0.1) is 19.3 Å². The van der Waals surface area contributed by atoms with Gasteiger partial charge in [-0.1, -0.05) is 29.8 Å². The van der Waals surface area contributed by atoms with Gasteiger partial charge in [0.25, 0.3) is 0 Å². The second-order valence-electron chi connectivity index (χ2n) is 4.47. The number of benzene rings is 1. The monoisotopic (exact) mass is 266 g/mol. The molecule has 104 valence electrons. The van der Waals surface area contributed by atoms with Crippen LogP contribution in [0.2, 0.25) is 0 Å². The number of aliphatic carboxylic acids is 1. The number of hydrogen-bond acceptors (Lipinski definition) is 4. The van der Waals surface area contributed by atoms with Crippen molar-refractivity contribution in [2.75, 3.05) is 6.61 Å². The van der Waals surface area contributed by atoms with Crippen LogP contribution in [0.3, 0.4) is 0 Å². The first kappa shape index (κ1) is 15.3. The molecule has 0 spiro atoms. The first-order valence-electron chi connectivity index (χ1n) is 6.02. The topological polar surface area (TPSA) is 83.8 Å². The Labute approximate surface area is 111 Å². The average molecular weight is 266 g/mol. The molecule has 1 rings (SSSR count). The Kier molecular flexibility index (Phi) is 6.18. The summed E-state index contributed by atoms with van der Waals surface area (Å²) in [7, 11) is 0. The fourth-order valence-corrected chi connectivity index (χ4v) is 1.56. The van der Waals surface area contributed by atoms with Crippen LogP contribution < -0.4 is 0 Å². The lowest BCUT2D eigenvalue weighted by atomic mass is 10.1. The van der Waals surface area contributed by atoms with Crippen molar-refractivity contribution in [2.24, 2.45) is 0 Å². The minimum atomic E-state index is -1.18. The summed E-state index contributed by atoms with van der Waals surface area (Å²) in [5, 5.41) is 17.9. The number of rotatable bonds is 8. The summed E-state index contributed by atoms with van der Waals surface area (Å²) in [4.78, 5) is 21.4. The van der Waals surface area contributed by atoms with Crippen LogP contribution in [0.25, 0.3) is 0 Å². The van der Waals surface area contributed by atoms with Gasteiger partial charge in [-0.3, -0.25) is 9.59 Å². The predicted octanol–water partition coefficient (Wildman–Crippen LogP) is 1.31. The fraction of sp³-hybridized carbons (Fsp3) is 0.429. The molecule has 0 aromatic heterocycles. The summed E-state index contributed by atoms with van der Waals surface area (Å²) in [5.41, 5.74) is 2.14. The maximum absolute atomic E-state index is 11.1. The fourth-order valence-electron chi connectivity index (χ4n) is 1.56. The molecular weight excluding hydrogens is 248 g/mol. The van der Waals surface area contributed by atoms with Gasteiger partial charge in [-0.25, -0.2) is 0 Å². The zero-order valence-electron chi connectivity index (χ0n) is 10.8. The first-order chi connectivity index (χ1) is 8.97. The number of carbonyl (C=O) groups is 2. The molecule has 0 saturated carbocycles. The Morgan fingerprint density at radius 3 is 2.47 bits per heavy atom. The van der Waals surface area contributed by atoms with Crippen molar-refractivity contribution in [3.8, 4) is 0 Å². The number of carboxylic acids is 1. The molecule has 5 nitrogen and oxygen atoms in total. The highest BCUT2D eigenvalue weighted by atomic mass is 16.5. The van der Waals surface area contributed by atoms with Gasteiger partial charge in [-0.05, 0) is 12.5 Å². The number of carboxylic acid groups (broad SMARTS) is 1. The highest BCUT2D eigenvalue weighted by Gasteiger charge is 2.13. The molecular formula is C14H18O5. The highest BCUT2D eigenvalue weighted by Crippen LogP contribution is 2.05. The molecule has 0 aliphatic heterocycles. The lowest BCUT2D eigenvalue weighted by Gasteiger charge is -2.10. The third-order valence-corrected chi connectivity index (χ3v) is 2.51. The SMILES string of the molecule is Cc1ccc(COC[C@@H](O)CC(=O)CC(=O)O)cc1. The van der Waals surface area contributed by atoms with Crippen LogP contribution in [-0.4, -0.2) is 34.7 Å². The predicted molar refractivity (Wildman–Crippen MR) is 68.7 cm³/mol. The van der Waals surface area contributed by atoms with Crippen molar-refractivity contribution in [3.63, 3.8) is 0 Å². The Balaban J connectivity index is 2.23. The van der Waals surface area contributed by atoms with Crippen molar-refractivity contribution in [3.05, 3.63) is 35.4 Å². The highest BCUT2D eigenvalue weighted by molar-refractivity contribution is 5.94. The normalized spacial score (nSPS) is 12.1. The van der Waals surface area contributed by atoms with Crippen LogP contribution >= 0.6 is 0 Å². The number of Topliss-reactive ketones (excluding diaryl/α,β-unsaturated/α-hetero) is 1. The molecule has 0 unspecified atom stereocenters. The first-order valence-corrected chi connectivity index (χ1v) is 6.02. The van der Waals surface area contributed by atoms with Crippen molar-refractivity contribution in [1.29, 1.82) is 0 Å². The minimum Gasteiger partial charge on any atom is -0.481 e. The van der Waals surface area contributed by atoms with Gasteiger partial charge in [0, 0.05) is 6.42 Å². The van der Waals surface area contributed by atoms with E-state index < -0.39 is 24.3 Å². The smallest absolute Gasteiger partial charge is 0.310 e. The van der Waals surface area contributed by atoms with Crippen LogP contribution in [0.15, 0.2) is 24.3 Å². The van der Waals surface area contributed by atoms with Crippen molar-refractivity contribution in [2.45, 2.75) is 32.5 Å². The van der Waals surface area contributed by atoms with E-state index in [9.17, 15) is 14.7 Å². The van der Waals surface area contributed by atoms with Gasteiger partial charge >= 0.3 is 5.97 Å². The van der Waals surface area contributed by atoms with Crippen molar-refractivity contribution < 1.29 is 24.5 Å². The Bertz CT molecular complexity index is 424. The molecule has 0 radical (unpaired) electrons. The van der Waals surface area contributed by atoms with Gasteiger partial charge in [0.2, 0.25) is 0 Å². The van der Waals surface area contributed by atoms with Crippen LogP contribution in [0.1, 0.15) is 24.0 Å². The second kappa shape index (κ2) is 7.66. The number of ether oxygens (including phenoxy) is 1. The van der Waals surface area contributed by atoms with E-state index >= 15 is 0 Å². The van der Waals surface area contributed by atoms with Crippen LogP contribution in [-0.2, 0) is 20.9 Å². The molecule has 0 aliphatic carbocycles. The zero-order valence-corrected chi connectivity index (χ0v) is 10.8. The summed E-state index contributed by atoms with van der Waals surface area (Å²) in [5.74, 6) is -1.68. The second-order valence-corrected chi connectivity index (χ2v) is 4.47. The summed E-state index contributed by atoms with van der Waals surface area (Å²) in [6.07, 6.45) is -1.72. The van der Waals surface area contributed by atoms with Crippen LogP contribution in [0, 0.1) is 6.92 Å². The summed E-state index contributed by atoms with van der Waals surface area (Å²) in [6, 6.07) is 7.78. The van der Waals surface area contributed by atoms with E-state index in [2.05, 4.69) is 0 Å².